The number of aliphatic hydroxyl groups excluding tert-OH is 1. The predicted molar refractivity (Wildman–Crippen MR) is 166 cm³/mol. The first-order valence-corrected chi connectivity index (χ1v) is 15.6. The summed E-state index contributed by atoms with van der Waals surface area (Å²) >= 11 is 1.51. The Morgan fingerprint density at radius 1 is 1.20 bits per heavy atom. The van der Waals surface area contributed by atoms with Gasteiger partial charge >= 0.3 is 11.4 Å². The highest BCUT2D eigenvalue weighted by molar-refractivity contribution is 7.13. The zero-order valence-electron chi connectivity index (χ0n) is 26.5. The minimum absolute atomic E-state index is 0.400. The first-order chi connectivity index (χ1) is 20.4. The summed E-state index contributed by atoms with van der Waals surface area (Å²) in [6.45, 7) is 21.6. The van der Waals surface area contributed by atoms with Gasteiger partial charge in [0.2, 0.25) is 11.8 Å². The number of thiazole rings is 1. The lowest BCUT2D eigenvalue weighted by Gasteiger charge is -2.35. The van der Waals surface area contributed by atoms with Crippen LogP contribution in [0.4, 0.5) is 4.39 Å². The van der Waals surface area contributed by atoms with Gasteiger partial charge < -0.3 is 25.4 Å². The van der Waals surface area contributed by atoms with E-state index >= 15 is 4.39 Å². The Morgan fingerprint density at radius 3 is 2.39 bits per heavy atom. The molecule has 0 bridgehead atoms. The number of carbonyl (C=O) groups is 3. The molecule has 10 nitrogen and oxygen atoms in total. The molecule has 2 heterocycles. The number of amides is 3. The number of nitrogens with one attached hydrogen (secondary N) is 2. The van der Waals surface area contributed by atoms with Crippen molar-refractivity contribution in [2.45, 2.75) is 110 Å². The van der Waals surface area contributed by atoms with Crippen LogP contribution >= 0.6 is 11.3 Å². The van der Waals surface area contributed by atoms with E-state index in [4.69, 9.17) is 11.3 Å². The second kappa shape index (κ2) is 12.1. The molecule has 4 rings (SSSR count). The summed E-state index contributed by atoms with van der Waals surface area (Å²) in [7, 11) is 0. The number of aryl methyl sites for hydroxylation is 1. The van der Waals surface area contributed by atoms with Crippen LogP contribution in [-0.2, 0) is 14.4 Å². The van der Waals surface area contributed by atoms with Gasteiger partial charge in [0.1, 0.15) is 29.5 Å². The number of ether oxygens (including phenoxy) is 1. The molecule has 1 aliphatic heterocycles. The van der Waals surface area contributed by atoms with E-state index in [1.165, 1.54) is 11.3 Å². The van der Waals surface area contributed by atoms with Gasteiger partial charge in [0, 0.05) is 18.4 Å². The molecular formula is C32H42FN5O5S. The van der Waals surface area contributed by atoms with Crippen molar-refractivity contribution in [1.29, 1.82) is 0 Å². The minimum atomic E-state index is -2.04. The smallest absolute Gasteiger partial charge is 0.309 e. The number of benzene rings is 1. The summed E-state index contributed by atoms with van der Waals surface area (Å²) in [5.41, 5.74) is 1.65. The van der Waals surface area contributed by atoms with Crippen molar-refractivity contribution in [1.82, 2.24) is 20.5 Å². The molecule has 1 saturated heterocycles. The number of carbonyl (C=O) groups excluding carboxylic acids is 3. The van der Waals surface area contributed by atoms with Crippen LogP contribution in [0.3, 0.4) is 0 Å². The topological polar surface area (TPSA) is 125 Å². The van der Waals surface area contributed by atoms with Crippen molar-refractivity contribution < 1.29 is 28.6 Å². The van der Waals surface area contributed by atoms with E-state index in [0.717, 1.165) is 21.0 Å². The lowest BCUT2D eigenvalue weighted by atomic mass is 9.85. The van der Waals surface area contributed by atoms with Crippen LogP contribution in [0.1, 0.15) is 78.6 Å². The number of β-amino-alcohol motifs (C(OH)–C–C–N with tert-alkyl or cyclic N) is 1. The fourth-order valence-electron chi connectivity index (χ4n) is 5.31. The minimum Gasteiger partial charge on any atom is -0.488 e. The molecule has 2 aromatic rings. The number of aromatic nitrogens is 1. The van der Waals surface area contributed by atoms with Crippen LogP contribution in [0.15, 0.2) is 23.7 Å². The zero-order valence-corrected chi connectivity index (χ0v) is 27.3. The Labute approximate surface area is 262 Å². The van der Waals surface area contributed by atoms with E-state index in [9.17, 15) is 19.5 Å². The quantitative estimate of drug-likeness (QED) is 0.374. The molecule has 3 N–H and O–H groups in total. The van der Waals surface area contributed by atoms with E-state index < -0.39 is 71.2 Å². The summed E-state index contributed by atoms with van der Waals surface area (Å²) in [4.78, 5) is 50.2. The third kappa shape index (κ3) is 6.89. The fourth-order valence-corrected chi connectivity index (χ4v) is 6.11. The second-order valence-electron chi connectivity index (χ2n) is 13.8. The van der Waals surface area contributed by atoms with E-state index in [1.807, 2.05) is 45.9 Å². The molecule has 238 valence electrons. The van der Waals surface area contributed by atoms with Crippen LogP contribution in [-0.4, -0.2) is 74.8 Å². The highest BCUT2D eigenvalue weighted by atomic mass is 32.1. The van der Waals surface area contributed by atoms with Gasteiger partial charge in [0.15, 0.2) is 6.17 Å². The van der Waals surface area contributed by atoms with Gasteiger partial charge in [-0.15, -0.1) is 11.3 Å². The average Bonchev–Trinajstić information content (AvgIpc) is 3.52. The lowest BCUT2D eigenvalue weighted by molar-refractivity contribution is -0.145. The number of hydrogen-bond donors (Lipinski definition) is 3. The average molecular weight is 628 g/mol. The Bertz CT molecular complexity index is 1470. The van der Waals surface area contributed by atoms with Crippen LogP contribution in [0, 0.1) is 18.9 Å². The molecular weight excluding hydrogens is 585 g/mol. The molecule has 5 atom stereocenters. The van der Waals surface area contributed by atoms with Gasteiger partial charge in [-0.3, -0.25) is 19.2 Å². The van der Waals surface area contributed by atoms with Gasteiger partial charge in [0.25, 0.3) is 0 Å². The van der Waals surface area contributed by atoms with Gasteiger partial charge in [-0.2, -0.15) is 0 Å². The Balaban J connectivity index is 1.59. The molecule has 44 heavy (non-hydrogen) atoms. The molecule has 1 aromatic carbocycles. The van der Waals surface area contributed by atoms with E-state index in [2.05, 4.69) is 20.5 Å². The summed E-state index contributed by atoms with van der Waals surface area (Å²) < 4.78 is 21.7. The number of halogens is 1. The molecule has 0 radical (unpaired) electrons. The number of alkyl halides is 1. The molecule has 3 amide bonds. The molecule has 2 fully saturated rings. The van der Waals surface area contributed by atoms with E-state index in [1.54, 1.807) is 33.2 Å². The highest BCUT2D eigenvalue weighted by Crippen LogP contribution is 2.41. The molecule has 0 unspecified atom stereocenters. The maximum absolute atomic E-state index is 15.5. The third-order valence-electron chi connectivity index (χ3n) is 7.95. The SMILES string of the molecule is [C-]#[N+]C1(C(=O)N[C@H](C(=O)N2C[C@H](O)[C@H](F)[C@H]2C(=O)N[C@@H](C)c2ccc(-c3scnc3C)cc2OC(C)(C)C)C(C)(C)C)CC1. The lowest BCUT2D eigenvalue weighted by Crippen LogP contribution is -2.60. The normalized spacial score (nSPS) is 22.5. The number of likely N-dealkylation sites (tertiary alicyclic amines) is 1. The zero-order chi connectivity index (χ0) is 32.8. The molecule has 12 heteroatoms. The van der Waals surface area contributed by atoms with E-state index in [0.29, 0.717) is 24.2 Å². The summed E-state index contributed by atoms with van der Waals surface area (Å²) in [6, 6.07) is 2.23. The molecule has 1 aromatic heterocycles. The third-order valence-corrected chi connectivity index (χ3v) is 8.93. The maximum atomic E-state index is 15.5. The van der Waals surface area contributed by atoms with E-state index in [-0.39, 0.29) is 0 Å². The summed E-state index contributed by atoms with van der Waals surface area (Å²) in [6.07, 6.45) is -2.82. The second-order valence-corrected chi connectivity index (χ2v) is 14.7. The van der Waals surface area contributed by atoms with Gasteiger partial charge in [-0.25, -0.2) is 15.9 Å². The van der Waals surface area contributed by atoms with Crippen LogP contribution in [0.2, 0.25) is 0 Å². The van der Waals surface area contributed by atoms with Gasteiger partial charge in [-0.1, -0.05) is 32.9 Å². The first kappa shape index (κ1) is 33.3. The maximum Gasteiger partial charge on any atom is 0.309 e. The van der Waals surface area contributed by atoms with Crippen LogP contribution in [0.5, 0.6) is 5.75 Å². The Hall–Kier alpha value is -3.56. The monoisotopic (exact) mass is 627 g/mol. The van der Waals surface area contributed by atoms with Crippen molar-refractivity contribution in [2.24, 2.45) is 5.41 Å². The number of hydrogen-bond acceptors (Lipinski definition) is 7. The van der Waals surface area contributed by atoms with Crippen molar-refractivity contribution in [2.75, 3.05) is 6.54 Å². The van der Waals surface area contributed by atoms with Crippen molar-refractivity contribution >= 4 is 29.1 Å². The van der Waals surface area contributed by atoms with Crippen LogP contribution in [0.25, 0.3) is 15.3 Å². The highest BCUT2D eigenvalue weighted by Gasteiger charge is 2.60. The molecule has 1 aliphatic carbocycles. The van der Waals surface area contributed by atoms with Gasteiger partial charge in [-0.05, 0) is 51.7 Å². The standard InChI is InChI=1S/C32H42FN5O5S/c1-17(20-11-10-19(25-18(2)35-16-44-25)14-22(20)43-31(6,7)8)36-27(40)24-23(33)21(39)15-38(24)28(41)26(30(3,4)5)37-29(42)32(34-9)12-13-32/h10-11,14,16-17,21,23-24,26,39H,12-13,15H2,1-8H3,(H,36,40)(H,37,42)/t17-,21-,23-,24-,26+/m0/s1. The van der Waals surface area contributed by atoms with Crippen molar-refractivity contribution in [3.63, 3.8) is 0 Å². The van der Waals surface area contributed by atoms with Gasteiger partial charge in [0.05, 0.1) is 28.7 Å². The summed E-state index contributed by atoms with van der Waals surface area (Å²) in [5, 5.41) is 16.0. The number of nitrogens with zero attached hydrogens (tertiary/aromatic N) is 3. The van der Waals surface area contributed by atoms with Crippen LogP contribution < -0.4 is 15.4 Å². The molecule has 0 spiro atoms. The Kier molecular flexibility index (Phi) is 9.16. The Morgan fingerprint density at radius 2 is 1.86 bits per heavy atom. The summed E-state index contributed by atoms with van der Waals surface area (Å²) in [5.74, 6) is -1.50. The largest absolute Gasteiger partial charge is 0.488 e. The van der Waals surface area contributed by atoms with Crippen molar-refractivity contribution in [3.05, 3.63) is 46.4 Å². The molecule has 1 saturated carbocycles. The van der Waals surface area contributed by atoms with Crippen molar-refractivity contribution in [3.8, 4) is 16.2 Å². The number of aliphatic hydroxyl groups is 1. The predicted octanol–water partition coefficient (Wildman–Crippen LogP) is 4.37. The molecule has 2 aliphatic rings. The number of rotatable bonds is 8. The first-order valence-electron chi connectivity index (χ1n) is 14.7. The fraction of sp³-hybridized carbons (Fsp3) is 0.594.